The zero-order valence-corrected chi connectivity index (χ0v) is 11.5. The molecule has 3 N–H and O–H groups in total. The van der Waals surface area contributed by atoms with Crippen LogP contribution in [0.25, 0.3) is 0 Å². The minimum absolute atomic E-state index is 0.355. The van der Waals surface area contributed by atoms with E-state index in [0.717, 1.165) is 11.1 Å². The molecule has 0 aliphatic rings. The van der Waals surface area contributed by atoms with Crippen LogP contribution in [-0.4, -0.2) is 5.91 Å². The van der Waals surface area contributed by atoms with Crippen LogP contribution in [0.5, 0.6) is 0 Å². The second-order valence-electron chi connectivity index (χ2n) is 4.84. The molecular weight excluding hydrogens is 255 g/mol. The summed E-state index contributed by atoms with van der Waals surface area (Å²) >= 11 is 0. The number of aryl methyl sites for hydroxylation is 2. The lowest BCUT2D eigenvalue weighted by Gasteiger charge is -2.13. The molecule has 0 bridgehead atoms. The van der Waals surface area contributed by atoms with Crippen molar-refractivity contribution in [3.05, 3.63) is 65.0 Å². The first-order valence-electron chi connectivity index (χ1n) is 6.36. The largest absolute Gasteiger partial charge is 0.324 e. The van der Waals surface area contributed by atoms with Crippen LogP contribution in [0.2, 0.25) is 0 Å². The molecular formula is C16H17FN2O. The highest BCUT2D eigenvalue weighted by Crippen LogP contribution is 2.17. The SMILES string of the molecule is Cc1ccc(C(N)C(=O)Nc2ccc(C)c(F)c2)cc1. The summed E-state index contributed by atoms with van der Waals surface area (Å²) in [7, 11) is 0. The van der Waals surface area contributed by atoms with E-state index in [9.17, 15) is 9.18 Å². The normalized spacial score (nSPS) is 12.0. The molecule has 2 rings (SSSR count). The molecule has 0 spiro atoms. The molecule has 2 aromatic carbocycles. The third-order valence-corrected chi connectivity index (χ3v) is 3.16. The Bertz CT molecular complexity index is 623. The van der Waals surface area contributed by atoms with Crippen molar-refractivity contribution in [1.82, 2.24) is 0 Å². The van der Waals surface area contributed by atoms with Gasteiger partial charge in [-0.25, -0.2) is 4.39 Å². The van der Waals surface area contributed by atoms with E-state index < -0.39 is 6.04 Å². The summed E-state index contributed by atoms with van der Waals surface area (Å²) in [6.07, 6.45) is 0. The van der Waals surface area contributed by atoms with Crippen LogP contribution >= 0.6 is 0 Å². The van der Waals surface area contributed by atoms with Crippen molar-refractivity contribution in [2.24, 2.45) is 5.73 Å². The van der Waals surface area contributed by atoms with Crippen molar-refractivity contribution < 1.29 is 9.18 Å². The molecule has 3 nitrogen and oxygen atoms in total. The molecule has 0 aromatic heterocycles. The Morgan fingerprint density at radius 2 is 1.80 bits per heavy atom. The number of halogens is 1. The summed E-state index contributed by atoms with van der Waals surface area (Å²) in [5.74, 6) is -0.719. The summed E-state index contributed by atoms with van der Waals surface area (Å²) in [6, 6.07) is 11.2. The van der Waals surface area contributed by atoms with Crippen LogP contribution in [0.15, 0.2) is 42.5 Å². The van der Waals surface area contributed by atoms with Crippen LogP contribution < -0.4 is 11.1 Å². The van der Waals surface area contributed by atoms with Gasteiger partial charge < -0.3 is 11.1 Å². The summed E-state index contributed by atoms with van der Waals surface area (Å²) in [4.78, 5) is 12.0. The fraction of sp³-hybridized carbons (Fsp3) is 0.188. The summed E-state index contributed by atoms with van der Waals surface area (Å²) in [5, 5.41) is 2.62. The zero-order chi connectivity index (χ0) is 14.7. The van der Waals surface area contributed by atoms with Crippen molar-refractivity contribution in [3.8, 4) is 0 Å². The first kappa shape index (κ1) is 14.2. The van der Waals surface area contributed by atoms with Crippen LogP contribution in [0, 0.1) is 19.7 Å². The second kappa shape index (κ2) is 5.84. The number of rotatable bonds is 3. The van der Waals surface area contributed by atoms with E-state index in [-0.39, 0.29) is 11.7 Å². The smallest absolute Gasteiger partial charge is 0.245 e. The highest BCUT2D eigenvalue weighted by atomic mass is 19.1. The molecule has 1 unspecified atom stereocenters. The average molecular weight is 272 g/mol. The molecule has 0 aliphatic heterocycles. The minimum Gasteiger partial charge on any atom is -0.324 e. The van der Waals surface area contributed by atoms with E-state index in [1.807, 2.05) is 31.2 Å². The fourth-order valence-corrected chi connectivity index (χ4v) is 1.82. The van der Waals surface area contributed by atoms with Gasteiger partial charge in [0.05, 0.1) is 0 Å². The van der Waals surface area contributed by atoms with Gasteiger partial charge in [0.25, 0.3) is 0 Å². The highest BCUT2D eigenvalue weighted by molar-refractivity contribution is 5.95. The predicted octanol–water partition coefficient (Wildman–Crippen LogP) is 3.08. The van der Waals surface area contributed by atoms with Gasteiger partial charge in [-0.2, -0.15) is 0 Å². The molecule has 0 saturated heterocycles. The number of benzene rings is 2. The average Bonchev–Trinajstić information content (AvgIpc) is 2.43. The number of hydrogen-bond donors (Lipinski definition) is 2. The number of carbonyl (C=O) groups excluding carboxylic acids is 1. The van der Waals surface area contributed by atoms with Gasteiger partial charge in [0.1, 0.15) is 11.9 Å². The third kappa shape index (κ3) is 3.22. The highest BCUT2D eigenvalue weighted by Gasteiger charge is 2.16. The van der Waals surface area contributed by atoms with Gasteiger partial charge in [0, 0.05) is 5.69 Å². The Kier molecular flexibility index (Phi) is 4.15. The Hall–Kier alpha value is -2.20. The monoisotopic (exact) mass is 272 g/mol. The molecule has 4 heteroatoms. The van der Waals surface area contributed by atoms with Crippen LogP contribution in [0.1, 0.15) is 22.7 Å². The number of carbonyl (C=O) groups is 1. The van der Waals surface area contributed by atoms with Crippen molar-refractivity contribution >= 4 is 11.6 Å². The molecule has 0 aliphatic carbocycles. The van der Waals surface area contributed by atoms with Crippen molar-refractivity contribution in [2.45, 2.75) is 19.9 Å². The van der Waals surface area contributed by atoms with Gasteiger partial charge in [0.15, 0.2) is 0 Å². The van der Waals surface area contributed by atoms with Crippen molar-refractivity contribution in [3.63, 3.8) is 0 Å². The van der Waals surface area contributed by atoms with E-state index in [2.05, 4.69) is 5.32 Å². The lowest BCUT2D eigenvalue weighted by atomic mass is 10.1. The van der Waals surface area contributed by atoms with Crippen LogP contribution in [0.3, 0.4) is 0 Å². The van der Waals surface area contributed by atoms with Crippen molar-refractivity contribution in [2.75, 3.05) is 5.32 Å². The van der Waals surface area contributed by atoms with E-state index in [0.29, 0.717) is 11.3 Å². The van der Waals surface area contributed by atoms with Gasteiger partial charge in [-0.05, 0) is 37.1 Å². The van der Waals surface area contributed by atoms with Crippen LogP contribution in [-0.2, 0) is 4.79 Å². The Morgan fingerprint density at radius 1 is 1.15 bits per heavy atom. The summed E-state index contributed by atoms with van der Waals surface area (Å²) in [6.45, 7) is 3.63. The predicted molar refractivity (Wildman–Crippen MR) is 77.9 cm³/mol. The van der Waals surface area contributed by atoms with Gasteiger partial charge >= 0.3 is 0 Å². The molecule has 104 valence electrons. The van der Waals surface area contributed by atoms with Gasteiger partial charge in [0.2, 0.25) is 5.91 Å². The van der Waals surface area contributed by atoms with Crippen molar-refractivity contribution in [1.29, 1.82) is 0 Å². The minimum atomic E-state index is -0.778. The summed E-state index contributed by atoms with van der Waals surface area (Å²) in [5.41, 5.74) is 8.66. The molecule has 0 heterocycles. The fourth-order valence-electron chi connectivity index (χ4n) is 1.82. The standard InChI is InChI=1S/C16H17FN2O/c1-10-3-6-12(7-4-10)15(18)16(20)19-13-8-5-11(2)14(17)9-13/h3-9,15H,18H2,1-2H3,(H,19,20). The molecule has 0 saturated carbocycles. The Balaban J connectivity index is 2.11. The quantitative estimate of drug-likeness (QED) is 0.902. The Labute approximate surface area is 117 Å². The number of nitrogens with one attached hydrogen (secondary N) is 1. The van der Waals surface area contributed by atoms with Gasteiger partial charge in [-0.1, -0.05) is 35.9 Å². The van der Waals surface area contributed by atoms with E-state index in [1.54, 1.807) is 19.1 Å². The Morgan fingerprint density at radius 3 is 2.40 bits per heavy atom. The molecule has 0 fully saturated rings. The first-order valence-corrected chi connectivity index (χ1v) is 6.36. The number of nitrogens with two attached hydrogens (primary N) is 1. The van der Waals surface area contributed by atoms with Gasteiger partial charge in [-0.3, -0.25) is 4.79 Å². The number of hydrogen-bond acceptors (Lipinski definition) is 2. The lowest BCUT2D eigenvalue weighted by molar-refractivity contribution is -0.117. The third-order valence-electron chi connectivity index (χ3n) is 3.16. The maximum atomic E-state index is 13.4. The molecule has 2 aromatic rings. The first-order chi connectivity index (χ1) is 9.47. The maximum absolute atomic E-state index is 13.4. The molecule has 0 radical (unpaired) electrons. The molecule has 1 amide bonds. The molecule has 20 heavy (non-hydrogen) atoms. The summed E-state index contributed by atoms with van der Waals surface area (Å²) < 4.78 is 13.4. The number of anilines is 1. The molecule has 1 atom stereocenters. The zero-order valence-electron chi connectivity index (χ0n) is 11.5. The number of amides is 1. The van der Waals surface area contributed by atoms with E-state index in [1.165, 1.54) is 6.07 Å². The topological polar surface area (TPSA) is 55.1 Å². The maximum Gasteiger partial charge on any atom is 0.245 e. The van der Waals surface area contributed by atoms with E-state index in [4.69, 9.17) is 5.73 Å². The van der Waals surface area contributed by atoms with E-state index >= 15 is 0 Å². The van der Waals surface area contributed by atoms with Crippen LogP contribution in [0.4, 0.5) is 10.1 Å². The lowest BCUT2D eigenvalue weighted by Crippen LogP contribution is -2.27. The van der Waals surface area contributed by atoms with Gasteiger partial charge in [-0.15, -0.1) is 0 Å². The second-order valence-corrected chi connectivity index (χ2v) is 4.84.